The van der Waals surface area contributed by atoms with Crippen LogP contribution in [0.1, 0.15) is 6.42 Å². The lowest BCUT2D eigenvalue weighted by Crippen LogP contribution is -1.66. The molecule has 0 spiro atoms. The lowest BCUT2D eigenvalue weighted by molar-refractivity contribution is 0.550. The molecule has 0 aliphatic carbocycles. The van der Waals surface area contributed by atoms with Gasteiger partial charge in [-0.3, -0.25) is 4.57 Å². The monoisotopic (exact) mass is 120 g/mol. The molecule has 0 aromatic heterocycles. The van der Waals surface area contributed by atoms with Crippen LogP contribution in [-0.2, 0) is 4.57 Å². The van der Waals surface area contributed by atoms with Gasteiger partial charge in [0.2, 0.25) is 0 Å². The zero-order valence-corrected chi connectivity index (χ0v) is 4.70. The van der Waals surface area contributed by atoms with Crippen molar-refractivity contribution in [2.45, 2.75) is 6.42 Å². The minimum atomic E-state index is -3.22. The molecule has 0 N–H and O–H groups in total. The molecule has 0 aromatic carbocycles. The Hall–Kier alpha value is -0.100. The highest BCUT2D eigenvalue weighted by Crippen LogP contribution is 2.52. The van der Waals surface area contributed by atoms with E-state index in [1.165, 1.54) is 5.82 Å². The molecule has 1 nitrogen and oxygen atoms in total. The summed E-state index contributed by atoms with van der Waals surface area (Å²) in [7, 11) is -3.22. The van der Waals surface area contributed by atoms with E-state index in [2.05, 4.69) is 0 Å². The number of hydrogen-bond donors (Lipinski definition) is 0. The Morgan fingerprint density at radius 3 is 2.57 bits per heavy atom. The van der Waals surface area contributed by atoms with Crippen molar-refractivity contribution < 1.29 is 8.76 Å². The van der Waals surface area contributed by atoms with Gasteiger partial charge in [0.15, 0.2) is 0 Å². The van der Waals surface area contributed by atoms with Gasteiger partial charge in [-0.05, 0) is 6.42 Å². The van der Waals surface area contributed by atoms with Crippen LogP contribution in [0.5, 0.6) is 0 Å². The first-order valence-corrected chi connectivity index (χ1v) is 4.02. The van der Waals surface area contributed by atoms with Crippen LogP contribution in [-0.4, -0.2) is 6.16 Å². The number of halogens is 1. The van der Waals surface area contributed by atoms with E-state index < -0.39 is 7.45 Å². The molecule has 0 aromatic rings. The van der Waals surface area contributed by atoms with Gasteiger partial charge in [-0.25, -0.2) is 0 Å². The van der Waals surface area contributed by atoms with E-state index >= 15 is 0 Å². The Morgan fingerprint density at radius 2 is 2.43 bits per heavy atom. The molecule has 0 bridgehead atoms. The molecule has 1 rings (SSSR count). The van der Waals surface area contributed by atoms with Crippen LogP contribution in [0.3, 0.4) is 0 Å². The maximum atomic E-state index is 12.1. The zero-order chi connectivity index (χ0) is 5.33. The van der Waals surface area contributed by atoms with E-state index in [0.717, 1.165) is 0 Å². The van der Waals surface area contributed by atoms with Crippen molar-refractivity contribution >= 4 is 7.45 Å². The zero-order valence-electron chi connectivity index (χ0n) is 3.80. The second-order valence-electron chi connectivity index (χ2n) is 1.60. The molecule has 1 aliphatic heterocycles. The van der Waals surface area contributed by atoms with Crippen molar-refractivity contribution in [1.82, 2.24) is 0 Å². The third-order valence-electron chi connectivity index (χ3n) is 0.929. The molecule has 0 radical (unpaired) electrons. The fraction of sp³-hybridized carbons (Fsp3) is 0.500. The Kier molecular flexibility index (Phi) is 1.04. The number of hydrogen-bond acceptors (Lipinski definition) is 1. The first kappa shape index (κ1) is 5.04. The Balaban J connectivity index is 2.77. The topological polar surface area (TPSA) is 17.1 Å². The van der Waals surface area contributed by atoms with Gasteiger partial charge in [-0.1, -0.05) is 6.08 Å². The van der Waals surface area contributed by atoms with Crippen LogP contribution in [0, 0.1) is 0 Å². The molecule has 0 saturated carbocycles. The van der Waals surface area contributed by atoms with Gasteiger partial charge in [0.1, 0.15) is 0 Å². The third-order valence-corrected chi connectivity index (χ3v) is 2.45. The summed E-state index contributed by atoms with van der Waals surface area (Å²) in [6.07, 6.45) is 2.50. The SMILES string of the molecule is O=P1(F)C=CCC1. The highest BCUT2D eigenvalue weighted by Gasteiger charge is 2.18. The summed E-state index contributed by atoms with van der Waals surface area (Å²) in [5.74, 6) is 1.19. The van der Waals surface area contributed by atoms with Gasteiger partial charge >= 0.3 is 0 Å². The molecular formula is C4H6FOP. The fourth-order valence-electron chi connectivity index (χ4n) is 0.557. The van der Waals surface area contributed by atoms with Gasteiger partial charge in [0, 0.05) is 12.0 Å². The Bertz CT molecular complexity index is 141. The minimum absolute atomic E-state index is 0.229. The van der Waals surface area contributed by atoms with Gasteiger partial charge in [-0.2, -0.15) is 4.20 Å². The van der Waals surface area contributed by atoms with E-state index in [9.17, 15) is 8.76 Å². The first-order chi connectivity index (χ1) is 3.21. The Morgan fingerprint density at radius 1 is 1.71 bits per heavy atom. The van der Waals surface area contributed by atoms with Crippen molar-refractivity contribution in [2.75, 3.05) is 6.16 Å². The fourth-order valence-corrected chi connectivity index (χ4v) is 1.67. The molecule has 0 fully saturated rings. The van der Waals surface area contributed by atoms with Crippen molar-refractivity contribution in [3.63, 3.8) is 0 Å². The second-order valence-corrected chi connectivity index (χ2v) is 3.75. The van der Waals surface area contributed by atoms with Crippen LogP contribution in [0.15, 0.2) is 11.9 Å². The summed E-state index contributed by atoms with van der Waals surface area (Å²) in [6.45, 7) is 0. The van der Waals surface area contributed by atoms with Crippen molar-refractivity contribution in [3.05, 3.63) is 11.9 Å². The highest BCUT2D eigenvalue weighted by molar-refractivity contribution is 7.62. The molecule has 1 atom stereocenters. The molecule has 1 aliphatic rings. The number of allylic oxidation sites excluding steroid dienone is 1. The molecule has 3 heteroatoms. The van der Waals surface area contributed by atoms with E-state index in [1.54, 1.807) is 6.08 Å². The average molecular weight is 120 g/mol. The normalized spacial score (nSPS) is 39.6. The summed E-state index contributed by atoms with van der Waals surface area (Å²) in [5, 5.41) is 0. The standard InChI is InChI=1S/C4H6FOP/c5-7(6)3-1-2-4-7/h1,3H,2,4H2. The van der Waals surface area contributed by atoms with E-state index in [4.69, 9.17) is 0 Å². The predicted molar refractivity (Wildman–Crippen MR) is 27.3 cm³/mol. The molecule has 40 valence electrons. The van der Waals surface area contributed by atoms with E-state index in [-0.39, 0.29) is 6.16 Å². The lowest BCUT2D eigenvalue weighted by Gasteiger charge is -1.88. The predicted octanol–water partition coefficient (Wildman–Crippen LogP) is 2.15. The van der Waals surface area contributed by atoms with Crippen LogP contribution < -0.4 is 0 Å². The quantitative estimate of drug-likeness (QED) is 0.447. The highest BCUT2D eigenvalue weighted by atomic mass is 31.2. The molecule has 0 saturated heterocycles. The van der Waals surface area contributed by atoms with Gasteiger partial charge in [0.25, 0.3) is 7.45 Å². The lowest BCUT2D eigenvalue weighted by atomic mass is 10.5. The van der Waals surface area contributed by atoms with Crippen LogP contribution in [0.4, 0.5) is 4.20 Å². The van der Waals surface area contributed by atoms with Gasteiger partial charge < -0.3 is 0 Å². The summed E-state index contributed by atoms with van der Waals surface area (Å²) in [6, 6.07) is 0. The maximum absolute atomic E-state index is 12.1. The number of rotatable bonds is 0. The largest absolute Gasteiger partial charge is 0.283 e. The summed E-state index contributed by atoms with van der Waals surface area (Å²) >= 11 is 0. The smallest absolute Gasteiger partial charge is 0.265 e. The van der Waals surface area contributed by atoms with Crippen molar-refractivity contribution in [2.24, 2.45) is 0 Å². The maximum Gasteiger partial charge on any atom is 0.265 e. The molecule has 1 unspecified atom stereocenters. The summed E-state index contributed by atoms with van der Waals surface area (Å²) in [4.78, 5) is 0. The van der Waals surface area contributed by atoms with Crippen molar-refractivity contribution in [3.8, 4) is 0 Å². The average Bonchev–Trinajstić information content (AvgIpc) is 1.84. The molecule has 0 amide bonds. The van der Waals surface area contributed by atoms with Crippen LogP contribution in [0.25, 0.3) is 0 Å². The molecular weight excluding hydrogens is 114 g/mol. The Labute approximate surface area is 41.7 Å². The molecule has 7 heavy (non-hydrogen) atoms. The van der Waals surface area contributed by atoms with Crippen molar-refractivity contribution in [1.29, 1.82) is 0 Å². The van der Waals surface area contributed by atoms with Gasteiger partial charge in [-0.15, -0.1) is 0 Å². The summed E-state index contributed by atoms with van der Waals surface area (Å²) < 4.78 is 22.3. The van der Waals surface area contributed by atoms with Crippen LogP contribution in [0.2, 0.25) is 0 Å². The first-order valence-electron chi connectivity index (χ1n) is 2.17. The summed E-state index contributed by atoms with van der Waals surface area (Å²) in [5.41, 5.74) is 0. The van der Waals surface area contributed by atoms with Crippen LogP contribution >= 0.6 is 7.45 Å². The second kappa shape index (κ2) is 1.45. The van der Waals surface area contributed by atoms with E-state index in [0.29, 0.717) is 6.42 Å². The minimum Gasteiger partial charge on any atom is -0.283 e. The van der Waals surface area contributed by atoms with E-state index in [1.807, 2.05) is 0 Å². The van der Waals surface area contributed by atoms with Gasteiger partial charge in [0.05, 0.1) is 0 Å². The third kappa shape index (κ3) is 1.13. The molecule has 1 heterocycles.